The van der Waals surface area contributed by atoms with Crippen LogP contribution >= 0.6 is 0 Å². The van der Waals surface area contributed by atoms with Gasteiger partial charge in [0.15, 0.2) is 11.5 Å². The number of rotatable bonds is 5. The Morgan fingerprint density at radius 2 is 1.91 bits per heavy atom. The summed E-state index contributed by atoms with van der Waals surface area (Å²) in [6, 6.07) is 8.42. The lowest BCUT2D eigenvalue weighted by Crippen LogP contribution is -2.48. The number of fused-ring (bicyclic) bond motifs is 3. The van der Waals surface area contributed by atoms with E-state index in [2.05, 4.69) is 32.2 Å². The molecule has 1 N–H and O–H groups in total. The highest BCUT2D eigenvalue weighted by atomic mass is 16.2. The van der Waals surface area contributed by atoms with Crippen molar-refractivity contribution in [1.82, 2.24) is 14.9 Å². The Hall–Kier alpha value is -3.36. The van der Waals surface area contributed by atoms with Gasteiger partial charge in [-0.2, -0.15) is 0 Å². The summed E-state index contributed by atoms with van der Waals surface area (Å²) in [5, 5.41) is 3.22. The van der Waals surface area contributed by atoms with E-state index in [4.69, 9.17) is 4.98 Å². The number of hydrogen-bond donors (Lipinski definition) is 1. The van der Waals surface area contributed by atoms with Gasteiger partial charge in [-0.15, -0.1) is 0 Å². The van der Waals surface area contributed by atoms with E-state index in [1.165, 1.54) is 0 Å². The van der Waals surface area contributed by atoms with Crippen LogP contribution in [0.2, 0.25) is 0 Å². The molecule has 34 heavy (non-hydrogen) atoms. The summed E-state index contributed by atoms with van der Waals surface area (Å²) in [6.07, 6.45) is 4.32. The minimum absolute atomic E-state index is 0.101. The third-order valence-electron chi connectivity index (χ3n) is 7.04. The van der Waals surface area contributed by atoms with Crippen molar-refractivity contribution in [3.05, 3.63) is 36.2 Å². The van der Waals surface area contributed by atoms with Crippen LogP contribution in [0.4, 0.5) is 23.0 Å². The molecule has 1 aromatic heterocycles. The predicted octanol–water partition coefficient (Wildman–Crippen LogP) is 2.60. The normalized spacial score (nSPS) is 20.2. The Morgan fingerprint density at radius 1 is 1.12 bits per heavy atom. The summed E-state index contributed by atoms with van der Waals surface area (Å²) in [5.41, 5.74) is 2.38. The van der Waals surface area contributed by atoms with Crippen molar-refractivity contribution < 1.29 is 9.59 Å². The van der Waals surface area contributed by atoms with E-state index in [1.807, 2.05) is 35.8 Å². The maximum atomic E-state index is 13.7. The predicted molar refractivity (Wildman–Crippen MR) is 134 cm³/mol. The Labute approximate surface area is 200 Å². The van der Waals surface area contributed by atoms with E-state index in [-0.39, 0.29) is 17.9 Å². The third kappa shape index (κ3) is 4.15. The molecule has 0 spiro atoms. The summed E-state index contributed by atoms with van der Waals surface area (Å²) < 4.78 is 0. The number of aromatic nitrogens is 2. The van der Waals surface area contributed by atoms with Gasteiger partial charge in [-0.1, -0.05) is 13.0 Å². The fraction of sp³-hybridized carbons (Fsp3) is 0.520. The lowest BCUT2D eigenvalue weighted by atomic mass is 10.1. The van der Waals surface area contributed by atoms with Gasteiger partial charge in [0.2, 0.25) is 5.91 Å². The van der Waals surface area contributed by atoms with Crippen LogP contribution in [0.3, 0.4) is 0 Å². The number of anilines is 4. The van der Waals surface area contributed by atoms with Gasteiger partial charge in [0.25, 0.3) is 5.91 Å². The smallest absolute Gasteiger partial charge is 0.280 e. The summed E-state index contributed by atoms with van der Waals surface area (Å²) in [6.45, 7) is 9.24. The fourth-order valence-corrected chi connectivity index (χ4v) is 5.24. The molecular weight excluding hydrogens is 430 g/mol. The van der Waals surface area contributed by atoms with E-state index >= 15 is 0 Å². The topological polar surface area (TPSA) is 84.9 Å². The minimum atomic E-state index is -0.101. The third-order valence-corrected chi connectivity index (χ3v) is 7.04. The van der Waals surface area contributed by atoms with Gasteiger partial charge >= 0.3 is 0 Å². The molecule has 2 fully saturated rings. The molecule has 0 bridgehead atoms. The van der Waals surface area contributed by atoms with E-state index in [1.54, 1.807) is 6.20 Å². The number of nitrogens with zero attached hydrogens (tertiary/aromatic N) is 6. The number of benzene rings is 1. The van der Waals surface area contributed by atoms with E-state index in [0.717, 1.165) is 63.5 Å². The quantitative estimate of drug-likeness (QED) is 0.730. The van der Waals surface area contributed by atoms with Crippen molar-refractivity contribution >= 4 is 34.8 Å². The van der Waals surface area contributed by atoms with Crippen LogP contribution in [0.25, 0.3) is 0 Å². The van der Waals surface area contributed by atoms with E-state index in [0.29, 0.717) is 30.3 Å². The van der Waals surface area contributed by atoms with Gasteiger partial charge in [0, 0.05) is 69.7 Å². The number of hydrogen-bond acceptors (Lipinski definition) is 7. The van der Waals surface area contributed by atoms with Crippen molar-refractivity contribution in [2.75, 3.05) is 65.8 Å². The molecule has 0 saturated carbocycles. The molecule has 2 amide bonds. The molecule has 0 radical (unpaired) electrons. The fourth-order valence-electron chi connectivity index (χ4n) is 5.24. The zero-order valence-corrected chi connectivity index (χ0v) is 20.0. The van der Waals surface area contributed by atoms with Crippen molar-refractivity contribution in [1.29, 1.82) is 0 Å². The molecule has 9 nitrogen and oxygen atoms in total. The minimum Gasteiger partial charge on any atom is -0.369 e. The molecule has 3 aliphatic heterocycles. The Bertz CT molecular complexity index is 1070. The maximum absolute atomic E-state index is 13.7. The number of amides is 2. The maximum Gasteiger partial charge on any atom is 0.280 e. The summed E-state index contributed by atoms with van der Waals surface area (Å²) in [4.78, 5) is 43.4. The van der Waals surface area contributed by atoms with Gasteiger partial charge in [-0.05, 0) is 38.0 Å². The molecule has 3 aliphatic rings. The van der Waals surface area contributed by atoms with Crippen molar-refractivity contribution in [2.45, 2.75) is 39.2 Å². The first-order chi connectivity index (χ1) is 16.6. The molecule has 0 unspecified atom stereocenters. The second-order valence-electron chi connectivity index (χ2n) is 9.10. The monoisotopic (exact) mass is 463 g/mol. The highest BCUT2D eigenvalue weighted by molar-refractivity contribution is 6.09. The van der Waals surface area contributed by atoms with Gasteiger partial charge in [0.1, 0.15) is 5.82 Å². The molecular formula is C25H33N7O2. The first kappa shape index (κ1) is 22.4. The van der Waals surface area contributed by atoms with Crippen LogP contribution in [0, 0.1) is 0 Å². The number of carbonyl (C=O) groups is 2. The number of carbonyl (C=O) groups excluding carboxylic acids is 2. The van der Waals surface area contributed by atoms with Crippen LogP contribution in [0.15, 0.2) is 30.5 Å². The van der Waals surface area contributed by atoms with Crippen molar-refractivity contribution in [3.8, 4) is 0 Å². The zero-order valence-electron chi connectivity index (χ0n) is 20.0. The standard InChI is InChI=1S/C25H33N7O2/c1-3-22(33)30-13-11-29(12-14-30)18-7-5-8-19(15-18)32-17-20-9-6-10-31(20)24-23(25(32)34)27-16-21(28-24)26-4-2/h5,7-8,15-16,20H,3-4,6,9-14,17H2,1-2H3,(H,26,28)/t20-/m0/s1. The first-order valence-electron chi connectivity index (χ1n) is 12.4. The molecule has 5 rings (SSSR count). The van der Waals surface area contributed by atoms with Crippen LogP contribution < -0.4 is 20.0 Å². The van der Waals surface area contributed by atoms with Crippen LogP contribution in [-0.4, -0.2) is 78.5 Å². The molecule has 9 heteroatoms. The molecule has 180 valence electrons. The molecule has 4 heterocycles. The summed E-state index contributed by atoms with van der Waals surface area (Å²) >= 11 is 0. The summed E-state index contributed by atoms with van der Waals surface area (Å²) in [5.74, 6) is 1.51. The first-order valence-corrected chi connectivity index (χ1v) is 12.4. The molecule has 2 aromatic rings. The Morgan fingerprint density at radius 3 is 2.68 bits per heavy atom. The Balaban J connectivity index is 1.42. The summed E-state index contributed by atoms with van der Waals surface area (Å²) in [7, 11) is 0. The highest BCUT2D eigenvalue weighted by Gasteiger charge is 2.38. The van der Waals surface area contributed by atoms with Crippen LogP contribution in [0.5, 0.6) is 0 Å². The average Bonchev–Trinajstić information content (AvgIpc) is 3.31. The SMILES string of the molecule is CCNc1cnc2c(n1)N1CCC[C@H]1CN(c1cccc(N3CCN(C(=O)CC)CC3)c1)C2=O. The van der Waals surface area contributed by atoms with Crippen molar-refractivity contribution in [3.63, 3.8) is 0 Å². The second kappa shape index (κ2) is 9.48. The van der Waals surface area contributed by atoms with Gasteiger partial charge < -0.3 is 24.9 Å². The molecule has 1 atom stereocenters. The molecule has 0 aliphatic carbocycles. The van der Waals surface area contributed by atoms with E-state index in [9.17, 15) is 9.59 Å². The lowest BCUT2D eigenvalue weighted by Gasteiger charge is -2.36. The van der Waals surface area contributed by atoms with E-state index < -0.39 is 0 Å². The second-order valence-corrected chi connectivity index (χ2v) is 9.10. The van der Waals surface area contributed by atoms with Gasteiger partial charge in [0.05, 0.1) is 6.20 Å². The number of nitrogens with one attached hydrogen (secondary N) is 1. The zero-order chi connectivity index (χ0) is 23.7. The van der Waals surface area contributed by atoms with Gasteiger partial charge in [-0.3, -0.25) is 9.59 Å². The lowest BCUT2D eigenvalue weighted by molar-refractivity contribution is -0.131. The van der Waals surface area contributed by atoms with Crippen LogP contribution in [0.1, 0.15) is 43.6 Å². The molecule has 1 aromatic carbocycles. The van der Waals surface area contributed by atoms with Crippen molar-refractivity contribution in [2.24, 2.45) is 0 Å². The van der Waals surface area contributed by atoms with Gasteiger partial charge in [-0.25, -0.2) is 9.97 Å². The highest BCUT2D eigenvalue weighted by Crippen LogP contribution is 2.34. The largest absolute Gasteiger partial charge is 0.369 e. The number of piperazine rings is 1. The van der Waals surface area contributed by atoms with Crippen LogP contribution in [-0.2, 0) is 4.79 Å². The average molecular weight is 464 g/mol. The Kier molecular flexibility index (Phi) is 6.26. The molecule has 2 saturated heterocycles.